The first-order chi connectivity index (χ1) is 7.50. The number of hydrogen-bond donors (Lipinski definition) is 0. The van der Waals surface area contributed by atoms with Crippen LogP contribution in [-0.4, -0.2) is 18.5 Å². The number of rotatable bonds is 6. The zero-order valence-corrected chi connectivity index (χ0v) is 11.1. The van der Waals surface area contributed by atoms with E-state index in [0.29, 0.717) is 11.9 Å². The van der Waals surface area contributed by atoms with E-state index in [1.165, 1.54) is 32.1 Å². The average Bonchev–Trinajstić information content (AvgIpc) is 2.68. The molecule has 94 valence electrons. The SMILES string of the molecule is CC(C)(C)C(=O)CCCCCC1CCCO1. The molecule has 0 aromatic heterocycles. The Morgan fingerprint density at radius 1 is 1.25 bits per heavy atom. The summed E-state index contributed by atoms with van der Waals surface area (Å²) in [5.74, 6) is 0.393. The second kappa shape index (κ2) is 6.39. The Labute approximate surface area is 99.8 Å². The highest BCUT2D eigenvalue weighted by atomic mass is 16.5. The second-order valence-electron chi connectivity index (χ2n) is 5.91. The number of hydrogen-bond acceptors (Lipinski definition) is 2. The molecule has 1 aliphatic rings. The number of ketones is 1. The van der Waals surface area contributed by atoms with Gasteiger partial charge in [-0.05, 0) is 25.7 Å². The minimum atomic E-state index is -0.158. The van der Waals surface area contributed by atoms with Crippen molar-refractivity contribution in [2.45, 2.75) is 71.8 Å². The molecule has 16 heavy (non-hydrogen) atoms. The van der Waals surface area contributed by atoms with Gasteiger partial charge in [0.1, 0.15) is 5.78 Å². The lowest BCUT2D eigenvalue weighted by atomic mass is 9.88. The van der Waals surface area contributed by atoms with Gasteiger partial charge in [-0.2, -0.15) is 0 Å². The van der Waals surface area contributed by atoms with Crippen LogP contribution < -0.4 is 0 Å². The van der Waals surface area contributed by atoms with E-state index in [1.807, 2.05) is 20.8 Å². The molecule has 1 saturated heterocycles. The van der Waals surface area contributed by atoms with Crippen molar-refractivity contribution in [3.8, 4) is 0 Å². The highest BCUT2D eigenvalue weighted by Crippen LogP contribution is 2.21. The number of carbonyl (C=O) groups excluding carboxylic acids is 1. The van der Waals surface area contributed by atoms with Gasteiger partial charge in [-0.1, -0.05) is 33.6 Å². The van der Waals surface area contributed by atoms with Gasteiger partial charge in [0.05, 0.1) is 6.10 Å². The standard InChI is InChI=1S/C14H26O2/c1-14(2,3)13(15)10-6-4-5-8-12-9-7-11-16-12/h12H,4-11H2,1-3H3. The van der Waals surface area contributed by atoms with Crippen molar-refractivity contribution >= 4 is 5.78 Å². The maximum absolute atomic E-state index is 11.7. The maximum atomic E-state index is 11.7. The molecule has 2 nitrogen and oxygen atoms in total. The molecule has 1 heterocycles. The Hall–Kier alpha value is -0.370. The number of ether oxygens (including phenoxy) is 1. The van der Waals surface area contributed by atoms with E-state index < -0.39 is 0 Å². The van der Waals surface area contributed by atoms with E-state index in [0.717, 1.165) is 19.4 Å². The third-order valence-corrected chi connectivity index (χ3v) is 3.29. The summed E-state index contributed by atoms with van der Waals surface area (Å²) in [5, 5.41) is 0. The van der Waals surface area contributed by atoms with Crippen LogP contribution in [0.2, 0.25) is 0 Å². The monoisotopic (exact) mass is 226 g/mol. The Kier molecular flexibility index (Phi) is 5.47. The molecule has 0 radical (unpaired) electrons. The first kappa shape index (κ1) is 13.7. The predicted molar refractivity (Wildman–Crippen MR) is 66.5 cm³/mol. The van der Waals surface area contributed by atoms with Gasteiger partial charge in [0, 0.05) is 18.4 Å². The van der Waals surface area contributed by atoms with Gasteiger partial charge >= 0.3 is 0 Å². The predicted octanol–water partition coefficient (Wildman–Crippen LogP) is 3.73. The lowest BCUT2D eigenvalue weighted by Gasteiger charge is -2.16. The van der Waals surface area contributed by atoms with Crippen molar-refractivity contribution in [1.82, 2.24) is 0 Å². The molecule has 0 aromatic carbocycles. The Morgan fingerprint density at radius 2 is 2.00 bits per heavy atom. The molecular weight excluding hydrogens is 200 g/mol. The Bertz CT molecular complexity index is 209. The van der Waals surface area contributed by atoms with Crippen LogP contribution in [0.4, 0.5) is 0 Å². The van der Waals surface area contributed by atoms with E-state index in [2.05, 4.69) is 0 Å². The summed E-state index contributed by atoms with van der Waals surface area (Å²) >= 11 is 0. The van der Waals surface area contributed by atoms with Gasteiger partial charge in [0.25, 0.3) is 0 Å². The first-order valence-corrected chi connectivity index (χ1v) is 6.65. The van der Waals surface area contributed by atoms with E-state index in [-0.39, 0.29) is 5.41 Å². The summed E-state index contributed by atoms with van der Waals surface area (Å²) in [6.07, 6.45) is 8.33. The smallest absolute Gasteiger partial charge is 0.138 e. The van der Waals surface area contributed by atoms with Crippen LogP contribution in [0.3, 0.4) is 0 Å². The molecular formula is C14H26O2. The van der Waals surface area contributed by atoms with Crippen molar-refractivity contribution in [2.75, 3.05) is 6.61 Å². The van der Waals surface area contributed by atoms with E-state index in [9.17, 15) is 4.79 Å². The minimum absolute atomic E-state index is 0.158. The fraction of sp³-hybridized carbons (Fsp3) is 0.929. The molecule has 1 aliphatic heterocycles. The third-order valence-electron chi connectivity index (χ3n) is 3.29. The minimum Gasteiger partial charge on any atom is -0.378 e. The summed E-state index contributed by atoms with van der Waals surface area (Å²) in [4.78, 5) is 11.7. The molecule has 2 heteroatoms. The van der Waals surface area contributed by atoms with Gasteiger partial charge in [-0.3, -0.25) is 4.79 Å². The second-order valence-corrected chi connectivity index (χ2v) is 5.91. The summed E-state index contributed by atoms with van der Waals surface area (Å²) in [6.45, 7) is 6.96. The van der Waals surface area contributed by atoms with Crippen molar-refractivity contribution < 1.29 is 9.53 Å². The number of Topliss-reactive ketones (excluding diaryl/α,β-unsaturated/α-hetero) is 1. The van der Waals surface area contributed by atoms with Gasteiger partial charge < -0.3 is 4.74 Å². The van der Waals surface area contributed by atoms with Gasteiger partial charge in [-0.25, -0.2) is 0 Å². The van der Waals surface area contributed by atoms with Gasteiger partial charge in [0.15, 0.2) is 0 Å². The lowest BCUT2D eigenvalue weighted by Crippen LogP contribution is -2.19. The van der Waals surface area contributed by atoms with Crippen LogP contribution in [0.15, 0.2) is 0 Å². The quantitative estimate of drug-likeness (QED) is 0.645. The van der Waals surface area contributed by atoms with Crippen molar-refractivity contribution in [3.63, 3.8) is 0 Å². The molecule has 1 atom stereocenters. The molecule has 0 bridgehead atoms. The third kappa shape index (κ3) is 5.11. The number of unbranched alkanes of at least 4 members (excludes halogenated alkanes) is 2. The normalized spacial score (nSPS) is 21.3. The average molecular weight is 226 g/mol. The van der Waals surface area contributed by atoms with E-state index >= 15 is 0 Å². The molecule has 1 fully saturated rings. The zero-order valence-electron chi connectivity index (χ0n) is 11.1. The zero-order chi connectivity index (χ0) is 12.0. The Balaban J connectivity index is 1.97. The van der Waals surface area contributed by atoms with Crippen LogP contribution in [-0.2, 0) is 9.53 Å². The molecule has 0 saturated carbocycles. The maximum Gasteiger partial charge on any atom is 0.138 e. The molecule has 0 N–H and O–H groups in total. The molecule has 0 spiro atoms. The van der Waals surface area contributed by atoms with Crippen LogP contribution in [0.5, 0.6) is 0 Å². The van der Waals surface area contributed by atoms with Crippen molar-refractivity contribution in [1.29, 1.82) is 0 Å². The van der Waals surface area contributed by atoms with Crippen LogP contribution >= 0.6 is 0 Å². The highest BCUT2D eigenvalue weighted by molar-refractivity contribution is 5.83. The Morgan fingerprint density at radius 3 is 2.56 bits per heavy atom. The highest BCUT2D eigenvalue weighted by Gasteiger charge is 2.20. The topological polar surface area (TPSA) is 26.3 Å². The van der Waals surface area contributed by atoms with Crippen molar-refractivity contribution in [2.24, 2.45) is 5.41 Å². The van der Waals surface area contributed by atoms with E-state index in [4.69, 9.17) is 4.74 Å². The van der Waals surface area contributed by atoms with Crippen LogP contribution in [0.1, 0.15) is 65.7 Å². The molecule has 1 unspecified atom stereocenters. The summed E-state index contributed by atoms with van der Waals surface area (Å²) in [5.41, 5.74) is -0.158. The molecule has 1 rings (SSSR count). The van der Waals surface area contributed by atoms with Crippen LogP contribution in [0, 0.1) is 5.41 Å². The van der Waals surface area contributed by atoms with Gasteiger partial charge in [0.2, 0.25) is 0 Å². The fourth-order valence-corrected chi connectivity index (χ4v) is 2.08. The summed E-state index contributed by atoms with van der Waals surface area (Å²) < 4.78 is 5.57. The first-order valence-electron chi connectivity index (χ1n) is 6.65. The molecule has 0 aliphatic carbocycles. The van der Waals surface area contributed by atoms with Crippen LogP contribution in [0.25, 0.3) is 0 Å². The van der Waals surface area contributed by atoms with E-state index in [1.54, 1.807) is 0 Å². The van der Waals surface area contributed by atoms with Gasteiger partial charge in [-0.15, -0.1) is 0 Å². The molecule has 0 aromatic rings. The summed E-state index contributed by atoms with van der Waals surface area (Å²) in [7, 11) is 0. The number of carbonyl (C=O) groups is 1. The summed E-state index contributed by atoms with van der Waals surface area (Å²) in [6, 6.07) is 0. The van der Waals surface area contributed by atoms with Crippen molar-refractivity contribution in [3.05, 3.63) is 0 Å². The lowest BCUT2D eigenvalue weighted by molar-refractivity contribution is -0.126. The fourth-order valence-electron chi connectivity index (χ4n) is 2.08. The molecule has 0 amide bonds. The largest absolute Gasteiger partial charge is 0.378 e.